The van der Waals surface area contributed by atoms with Crippen LogP contribution in [0.2, 0.25) is 0 Å². The number of hydrogen-bond donors (Lipinski definition) is 1. The Morgan fingerprint density at radius 3 is 2.53 bits per heavy atom. The molecule has 0 aliphatic heterocycles. The first-order valence-corrected chi connectivity index (χ1v) is 5.66. The normalized spacial score (nSPS) is 11.2. The van der Waals surface area contributed by atoms with Crippen molar-refractivity contribution in [3.63, 3.8) is 0 Å². The highest BCUT2D eigenvalue weighted by Crippen LogP contribution is 2.33. The lowest BCUT2D eigenvalue weighted by Crippen LogP contribution is -2.14. The fourth-order valence-electron chi connectivity index (χ4n) is 1.03. The van der Waals surface area contributed by atoms with E-state index in [4.69, 9.17) is 11.0 Å². The highest BCUT2D eigenvalue weighted by atomic mass is 32.2. The number of nitriles is 1. The Labute approximate surface area is 100 Å². The van der Waals surface area contributed by atoms with Gasteiger partial charge in [0.05, 0.1) is 0 Å². The second kappa shape index (κ2) is 5.23. The minimum absolute atomic E-state index is 0.0596. The van der Waals surface area contributed by atoms with Crippen molar-refractivity contribution in [1.29, 1.82) is 5.26 Å². The van der Waals surface area contributed by atoms with Crippen LogP contribution in [0, 0.1) is 11.3 Å². The standard InChI is InChI=1S/C9H9F3N4S/c1-2-3-17-8-15-6(9(10,11)12)5(4-13)7(14)16-8/h2-3H2,1H3,(H2,14,15,16). The Hall–Kier alpha value is -1.49. The number of hydrogen-bond acceptors (Lipinski definition) is 5. The van der Waals surface area contributed by atoms with E-state index in [1.807, 2.05) is 6.92 Å². The lowest BCUT2D eigenvalue weighted by atomic mass is 10.2. The Kier molecular flexibility index (Phi) is 4.17. The molecule has 0 radical (unpaired) electrons. The SMILES string of the molecule is CCCSc1nc(N)c(C#N)c(C(F)(F)F)n1. The van der Waals surface area contributed by atoms with Crippen LogP contribution in [0.15, 0.2) is 5.16 Å². The number of nitrogen functional groups attached to an aromatic ring is 1. The zero-order valence-electron chi connectivity index (χ0n) is 8.88. The molecule has 4 nitrogen and oxygen atoms in total. The van der Waals surface area contributed by atoms with Crippen LogP contribution in [0.3, 0.4) is 0 Å². The summed E-state index contributed by atoms with van der Waals surface area (Å²) in [6.07, 6.45) is -3.93. The number of alkyl halides is 3. The summed E-state index contributed by atoms with van der Waals surface area (Å²) in [5.74, 6) is 0.149. The lowest BCUT2D eigenvalue weighted by molar-refractivity contribution is -0.141. The number of halogens is 3. The zero-order valence-corrected chi connectivity index (χ0v) is 9.69. The maximum absolute atomic E-state index is 12.6. The van der Waals surface area contributed by atoms with E-state index in [2.05, 4.69) is 9.97 Å². The Bertz CT molecular complexity index is 453. The van der Waals surface area contributed by atoms with Crippen LogP contribution in [-0.4, -0.2) is 15.7 Å². The summed E-state index contributed by atoms with van der Waals surface area (Å²) < 4.78 is 37.8. The molecule has 0 amide bonds. The van der Waals surface area contributed by atoms with E-state index < -0.39 is 23.3 Å². The van der Waals surface area contributed by atoms with Crippen molar-refractivity contribution in [2.75, 3.05) is 11.5 Å². The summed E-state index contributed by atoms with van der Waals surface area (Å²) in [5, 5.41) is 8.55. The second-order valence-corrected chi connectivity index (χ2v) is 4.14. The first-order chi connectivity index (χ1) is 7.90. The van der Waals surface area contributed by atoms with Crippen LogP contribution in [0.4, 0.5) is 19.0 Å². The van der Waals surface area contributed by atoms with Crippen molar-refractivity contribution in [3.05, 3.63) is 11.3 Å². The maximum atomic E-state index is 12.6. The van der Waals surface area contributed by atoms with E-state index in [1.165, 1.54) is 6.07 Å². The van der Waals surface area contributed by atoms with Gasteiger partial charge in [-0.3, -0.25) is 0 Å². The minimum Gasteiger partial charge on any atom is -0.382 e. The molecular weight excluding hydrogens is 253 g/mol. The molecule has 2 N–H and O–H groups in total. The van der Waals surface area contributed by atoms with E-state index in [1.54, 1.807) is 0 Å². The van der Waals surface area contributed by atoms with Gasteiger partial charge in [0, 0.05) is 5.75 Å². The highest BCUT2D eigenvalue weighted by molar-refractivity contribution is 7.99. The van der Waals surface area contributed by atoms with Crippen molar-refractivity contribution in [3.8, 4) is 6.07 Å². The van der Waals surface area contributed by atoms with E-state index in [0.29, 0.717) is 5.75 Å². The zero-order chi connectivity index (χ0) is 13.1. The summed E-state index contributed by atoms with van der Waals surface area (Å²) in [4.78, 5) is 7.00. The molecule has 0 atom stereocenters. The Morgan fingerprint density at radius 2 is 2.06 bits per heavy atom. The summed E-state index contributed by atoms with van der Waals surface area (Å²) >= 11 is 1.07. The fraction of sp³-hybridized carbons (Fsp3) is 0.444. The van der Waals surface area contributed by atoms with Crippen molar-refractivity contribution in [2.24, 2.45) is 0 Å². The Balaban J connectivity index is 3.26. The summed E-state index contributed by atoms with van der Waals surface area (Å²) in [6, 6.07) is 1.37. The average molecular weight is 262 g/mol. The van der Waals surface area contributed by atoms with Gasteiger partial charge in [-0.1, -0.05) is 18.7 Å². The van der Waals surface area contributed by atoms with Gasteiger partial charge < -0.3 is 5.73 Å². The topological polar surface area (TPSA) is 75.6 Å². The Morgan fingerprint density at radius 1 is 1.41 bits per heavy atom. The lowest BCUT2D eigenvalue weighted by Gasteiger charge is -2.10. The monoisotopic (exact) mass is 262 g/mol. The molecule has 0 fully saturated rings. The molecule has 0 spiro atoms. The number of anilines is 1. The molecule has 0 unspecified atom stereocenters. The predicted molar refractivity (Wildman–Crippen MR) is 57.2 cm³/mol. The minimum atomic E-state index is -4.70. The van der Waals surface area contributed by atoms with E-state index >= 15 is 0 Å². The van der Waals surface area contributed by atoms with Gasteiger partial charge >= 0.3 is 6.18 Å². The van der Waals surface area contributed by atoms with Crippen LogP contribution in [0.25, 0.3) is 0 Å². The number of aromatic nitrogens is 2. The van der Waals surface area contributed by atoms with Gasteiger partial charge in [0.25, 0.3) is 0 Å². The summed E-state index contributed by atoms with van der Waals surface area (Å²) in [6.45, 7) is 1.88. The molecule has 1 rings (SSSR count). The third-order valence-electron chi connectivity index (χ3n) is 1.73. The number of nitrogens with zero attached hydrogens (tertiary/aromatic N) is 3. The number of rotatable bonds is 3. The third kappa shape index (κ3) is 3.23. The van der Waals surface area contributed by atoms with Crippen molar-refractivity contribution in [2.45, 2.75) is 24.7 Å². The van der Waals surface area contributed by atoms with E-state index in [0.717, 1.165) is 18.2 Å². The molecule has 92 valence electrons. The molecule has 0 aliphatic carbocycles. The van der Waals surface area contributed by atoms with Crippen molar-refractivity contribution < 1.29 is 13.2 Å². The third-order valence-corrected chi connectivity index (χ3v) is 2.79. The molecule has 8 heteroatoms. The number of nitrogens with two attached hydrogens (primary N) is 1. The molecule has 0 aliphatic rings. The fourth-order valence-corrected chi connectivity index (χ4v) is 1.74. The second-order valence-electron chi connectivity index (χ2n) is 3.07. The molecule has 0 saturated heterocycles. The van der Waals surface area contributed by atoms with Crippen molar-refractivity contribution >= 4 is 17.6 Å². The highest BCUT2D eigenvalue weighted by Gasteiger charge is 2.37. The first-order valence-electron chi connectivity index (χ1n) is 4.67. The van der Waals surface area contributed by atoms with E-state index in [9.17, 15) is 13.2 Å². The molecule has 1 aromatic rings. The summed E-state index contributed by atoms with van der Waals surface area (Å²) in [5.41, 5.74) is 3.32. The molecular formula is C9H9F3N4S. The molecule has 0 aromatic carbocycles. The van der Waals surface area contributed by atoms with Crippen LogP contribution in [-0.2, 0) is 6.18 Å². The quantitative estimate of drug-likeness (QED) is 0.669. The van der Waals surface area contributed by atoms with E-state index in [-0.39, 0.29) is 5.16 Å². The molecule has 1 aromatic heterocycles. The van der Waals surface area contributed by atoms with Gasteiger partial charge in [-0.2, -0.15) is 18.4 Å². The van der Waals surface area contributed by atoms with Crippen LogP contribution in [0.5, 0.6) is 0 Å². The van der Waals surface area contributed by atoms with Crippen LogP contribution in [0.1, 0.15) is 24.6 Å². The van der Waals surface area contributed by atoms with Gasteiger partial charge in [-0.15, -0.1) is 0 Å². The molecule has 17 heavy (non-hydrogen) atoms. The summed E-state index contributed by atoms with van der Waals surface area (Å²) in [7, 11) is 0. The van der Waals surface area contributed by atoms with Gasteiger partial charge in [0.2, 0.25) is 0 Å². The van der Waals surface area contributed by atoms with Gasteiger partial charge in [-0.05, 0) is 6.42 Å². The molecule has 0 bridgehead atoms. The van der Waals surface area contributed by atoms with Crippen LogP contribution < -0.4 is 5.73 Å². The molecule has 0 saturated carbocycles. The van der Waals surface area contributed by atoms with Gasteiger partial charge in [-0.25, -0.2) is 9.97 Å². The van der Waals surface area contributed by atoms with Gasteiger partial charge in [0.15, 0.2) is 10.9 Å². The maximum Gasteiger partial charge on any atom is 0.434 e. The molecule has 1 heterocycles. The smallest absolute Gasteiger partial charge is 0.382 e. The van der Waals surface area contributed by atoms with Gasteiger partial charge in [0.1, 0.15) is 17.5 Å². The van der Waals surface area contributed by atoms with Crippen molar-refractivity contribution in [1.82, 2.24) is 9.97 Å². The number of thioether (sulfide) groups is 1. The van der Waals surface area contributed by atoms with Crippen LogP contribution >= 0.6 is 11.8 Å². The predicted octanol–water partition coefficient (Wildman–Crippen LogP) is 2.45. The largest absolute Gasteiger partial charge is 0.434 e. The average Bonchev–Trinajstić information content (AvgIpc) is 2.24. The first kappa shape index (κ1) is 13.6.